The van der Waals surface area contributed by atoms with Crippen LogP contribution >= 0.6 is 0 Å². The second kappa shape index (κ2) is 5.95. The summed E-state index contributed by atoms with van der Waals surface area (Å²) in [4.78, 5) is 0. The standard InChI is InChI=1S/C14H17NO2/c1-5-16-12-7-10(3)14(17-6-2)13(8-12)11(4)9-15/h7-8H,4-6H2,1-3H3. The van der Waals surface area contributed by atoms with Crippen LogP contribution in [0.2, 0.25) is 0 Å². The van der Waals surface area contributed by atoms with E-state index in [4.69, 9.17) is 14.7 Å². The topological polar surface area (TPSA) is 42.2 Å². The van der Waals surface area contributed by atoms with E-state index in [1.165, 1.54) is 0 Å². The van der Waals surface area contributed by atoms with Gasteiger partial charge in [-0.05, 0) is 38.5 Å². The van der Waals surface area contributed by atoms with Crippen LogP contribution < -0.4 is 9.47 Å². The third kappa shape index (κ3) is 3.01. The first-order chi connectivity index (χ1) is 8.13. The first-order valence-corrected chi connectivity index (χ1v) is 5.63. The third-order valence-electron chi connectivity index (χ3n) is 2.31. The van der Waals surface area contributed by atoms with Gasteiger partial charge in [-0.25, -0.2) is 0 Å². The lowest BCUT2D eigenvalue weighted by molar-refractivity contribution is 0.328. The van der Waals surface area contributed by atoms with Crippen molar-refractivity contribution in [2.45, 2.75) is 20.8 Å². The second-order valence-electron chi connectivity index (χ2n) is 3.57. The van der Waals surface area contributed by atoms with Crippen LogP contribution in [-0.4, -0.2) is 13.2 Å². The molecule has 17 heavy (non-hydrogen) atoms. The average Bonchev–Trinajstić information content (AvgIpc) is 2.31. The van der Waals surface area contributed by atoms with Crippen LogP contribution in [0.1, 0.15) is 25.0 Å². The molecule has 0 aromatic heterocycles. The van der Waals surface area contributed by atoms with Crippen molar-refractivity contribution in [3.63, 3.8) is 0 Å². The number of benzene rings is 1. The Hall–Kier alpha value is -1.95. The fourth-order valence-electron chi connectivity index (χ4n) is 1.61. The minimum Gasteiger partial charge on any atom is -0.494 e. The molecule has 0 aliphatic carbocycles. The quantitative estimate of drug-likeness (QED) is 0.730. The fourth-order valence-corrected chi connectivity index (χ4v) is 1.61. The summed E-state index contributed by atoms with van der Waals surface area (Å²) in [6.45, 7) is 10.6. The zero-order valence-electron chi connectivity index (χ0n) is 10.5. The van der Waals surface area contributed by atoms with E-state index >= 15 is 0 Å². The maximum Gasteiger partial charge on any atom is 0.130 e. The largest absolute Gasteiger partial charge is 0.494 e. The summed E-state index contributed by atoms with van der Waals surface area (Å²) < 4.78 is 11.0. The lowest BCUT2D eigenvalue weighted by Gasteiger charge is -2.14. The molecule has 0 aliphatic heterocycles. The van der Waals surface area contributed by atoms with Crippen molar-refractivity contribution in [3.05, 3.63) is 29.8 Å². The van der Waals surface area contributed by atoms with Gasteiger partial charge in [0, 0.05) is 5.56 Å². The van der Waals surface area contributed by atoms with E-state index in [9.17, 15) is 0 Å². The highest BCUT2D eigenvalue weighted by Gasteiger charge is 2.12. The Bertz CT molecular complexity index is 458. The van der Waals surface area contributed by atoms with Gasteiger partial charge in [0.05, 0.1) is 24.9 Å². The Morgan fingerprint density at radius 1 is 1.29 bits per heavy atom. The minimum atomic E-state index is 0.387. The molecule has 0 N–H and O–H groups in total. The van der Waals surface area contributed by atoms with Gasteiger partial charge in [0.1, 0.15) is 11.5 Å². The van der Waals surface area contributed by atoms with E-state index in [0.717, 1.165) is 11.3 Å². The molecule has 1 aromatic carbocycles. The second-order valence-corrected chi connectivity index (χ2v) is 3.57. The number of ether oxygens (including phenoxy) is 2. The molecule has 0 radical (unpaired) electrons. The van der Waals surface area contributed by atoms with Crippen molar-refractivity contribution in [2.75, 3.05) is 13.2 Å². The molecule has 0 spiro atoms. The van der Waals surface area contributed by atoms with Crippen LogP contribution in [0.25, 0.3) is 5.57 Å². The molecule has 0 aliphatic rings. The molecule has 90 valence electrons. The third-order valence-corrected chi connectivity index (χ3v) is 2.31. The summed E-state index contributed by atoms with van der Waals surface area (Å²) in [7, 11) is 0. The van der Waals surface area contributed by atoms with E-state index in [2.05, 4.69) is 6.58 Å². The Morgan fingerprint density at radius 3 is 2.47 bits per heavy atom. The van der Waals surface area contributed by atoms with Crippen molar-refractivity contribution >= 4 is 5.57 Å². The maximum absolute atomic E-state index is 8.95. The molecule has 0 bridgehead atoms. The summed E-state index contributed by atoms with van der Waals surface area (Å²) in [5.41, 5.74) is 2.04. The Labute approximate surface area is 102 Å². The van der Waals surface area contributed by atoms with Crippen molar-refractivity contribution in [2.24, 2.45) is 0 Å². The molecule has 0 unspecified atom stereocenters. The van der Waals surface area contributed by atoms with Gasteiger partial charge in [0.15, 0.2) is 0 Å². The van der Waals surface area contributed by atoms with Crippen LogP contribution in [0.4, 0.5) is 0 Å². The monoisotopic (exact) mass is 231 g/mol. The van der Waals surface area contributed by atoms with Gasteiger partial charge in [-0.15, -0.1) is 0 Å². The van der Waals surface area contributed by atoms with Gasteiger partial charge >= 0.3 is 0 Å². The van der Waals surface area contributed by atoms with Crippen molar-refractivity contribution < 1.29 is 9.47 Å². The fraction of sp³-hybridized carbons (Fsp3) is 0.357. The van der Waals surface area contributed by atoms with E-state index < -0.39 is 0 Å². The summed E-state index contributed by atoms with van der Waals surface area (Å²) in [6, 6.07) is 5.75. The molecule has 0 amide bonds. The Balaban J connectivity index is 3.29. The predicted octanol–water partition coefficient (Wildman–Crippen LogP) is 3.33. The molecule has 0 saturated carbocycles. The van der Waals surface area contributed by atoms with E-state index in [-0.39, 0.29) is 0 Å². The van der Waals surface area contributed by atoms with Gasteiger partial charge in [0.25, 0.3) is 0 Å². The van der Waals surface area contributed by atoms with E-state index in [1.54, 1.807) is 6.07 Å². The highest BCUT2D eigenvalue weighted by Crippen LogP contribution is 2.33. The molecular formula is C14H17NO2. The number of aryl methyl sites for hydroxylation is 1. The van der Waals surface area contributed by atoms with Gasteiger partial charge in [-0.3, -0.25) is 0 Å². The lowest BCUT2D eigenvalue weighted by Crippen LogP contribution is -2.00. The number of nitriles is 1. The molecule has 0 fully saturated rings. The summed E-state index contributed by atoms with van der Waals surface area (Å²) in [6.07, 6.45) is 0. The minimum absolute atomic E-state index is 0.387. The number of nitrogens with zero attached hydrogens (tertiary/aromatic N) is 1. The van der Waals surface area contributed by atoms with Gasteiger partial charge in [-0.1, -0.05) is 6.58 Å². The summed E-state index contributed by atoms with van der Waals surface area (Å²) in [5.74, 6) is 1.45. The highest BCUT2D eigenvalue weighted by molar-refractivity contribution is 5.80. The predicted molar refractivity (Wildman–Crippen MR) is 68.2 cm³/mol. The zero-order valence-corrected chi connectivity index (χ0v) is 10.5. The van der Waals surface area contributed by atoms with Crippen molar-refractivity contribution in [3.8, 4) is 17.6 Å². The molecule has 0 atom stereocenters. The van der Waals surface area contributed by atoms with E-state index in [0.29, 0.717) is 30.1 Å². The molecule has 0 heterocycles. The summed E-state index contributed by atoms with van der Waals surface area (Å²) >= 11 is 0. The molecular weight excluding hydrogens is 214 g/mol. The zero-order chi connectivity index (χ0) is 12.8. The number of allylic oxidation sites excluding steroid dienone is 1. The first-order valence-electron chi connectivity index (χ1n) is 5.63. The summed E-state index contributed by atoms with van der Waals surface area (Å²) in [5, 5.41) is 8.95. The maximum atomic E-state index is 8.95. The van der Waals surface area contributed by atoms with Crippen LogP contribution in [0.3, 0.4) is 0 Å². The van der Waals surface area contributed by atoms with Crippen molar-refractivity contribution in [1.82, 2.24) is 0 Å². The van der Waals surface area contributed by atoms with E-state index in [1.807, 2.05) is 32.9 Å². The smallest absolute Gasteiger partial charge is 0.130 e. The van der Waals surface area contributed by atoms with Gasteiger partial charge in [-0.2, -0.15) is 5.26 Å². The van der Waals surface area contributed by atoms with Crippen molar-refractivity contribution in [1.29, 1.82) is 5.26 Å². The lowest BCUT2D eigenvalue weighted by atomic mass is 10.0. The first kappa shape index (κ1) is 13.1. The van der Waals surface area contributed by atoms with Crippen LogP contribution in [0, 0.1) is 18.3 Å². The number of hydrogen-bond acceptors (Lipinski definition) is 3. The Morgan fingerprint density at radius 2 is 1.94 bits per heavy atom. The molecule has 3 nitrogen and oxygen atoms in total. The van der Waals surface area contributed by atoms with Crippen LogP contribution in [-0.2, 0) is 0 Å². The van der Waals surface area contributed by atoms with Crippen LogP contribution in [0.15, 0.2) is 18.7 Å². The number of hydrogen-bond donors (Lipinski definition) is 0. The number of rotatable bonds is 5. The average molecular weight is 231 g/mol. The molecule has 1 aromatic rings. The normalized spacial score (nSPS) is 9.53. The molecule has 0 saturated heterocycles. The Kier molecular flexibility index (Phi) is 4.59. The highest BCUT2D eigenvalue weighted by atomic mass is 16.5. The van der Waals surface area contributed by atoms with Gasteiger partial charge in [0.2, 0.25) is 0 Å². The molecule has 1 rings (SSSR count). The molecule has 3 heteroatoms. The van der Waals surface area contributed by atoms with Gasteiger partial charge < -0.3 is 9.47 Å². The SMILES string of the molecule is C=C(C#N)c1cc(OCC)cc(C)c1OCC. The van der Waals surface area contributed by atoms with Crippen LogP contribution in [0.5, 0.6) is 11.5 Å².